The van der Waals surface area contributed by atoms with Gasteiger partial charge in [0.05, 0.1) is 28.6 Å². The summed E-state index contributed by atoms with van der Waals surface area (Å²) in [6.45, 7) is 11.1. The van der Waals surface area contributed by atoms with Gasteiger partial charge in [0.1, 0.15) is 5.75 Å². The number of benzene rings is 3. The maximum atomic E-state index is 13.1. The Balaban J connectivity index is 1.11. The Labute approximate surface area is 235 Å². The third-order valence-corrected chi connectivity index (χ3v) is 7.38. The molecule has 40 heavy (non-hydrogen) atoms. The molecule has 2 aliphatic heterocycles. The molecule has 3 aromatic rings. The summed E-state index contributed by atoms with van der Waals surface area (Å²) in [6.07, 6.45) is 0.952. The van der Waals surface area contributed by atoms with Crippen molar-refractivity contribution < 1.29 is 19.1 Å². The summed E-state index contributed by atoms with van der Waals surface area (Å²) in [4.78, 5) is 44.9. The minimum Gasteiger partial charge on any atom is -0.489 e. The molecule has 5 rings (SSSR count). The van der Waals surface area contributed by atoms with Crippen LogP contribution in [0, 0.1) is 6.92 Å². The van der Waals surface area contributed by atoms with E-state index in [2.05, 4.69) is 21.2 Å². The van der Waals surface area contributed by atoms with Crippen LogP contribution in [0.1, 0.15) is 56.9 Å². The average Bonchev–Trinajstić information content (AvgIpc) is 3.20. The van der Waals surface area contributed by atoms with E-state index in [0.29, 0.717) is 23.4 Å². The standard InChI is InChI=1S/C32H36N4O4/c1-22(2)40-29-12-7-6-11-28(29)35-19-17-34(18-20-35)16-8-15-33-30(37)24-13-14-25-26(21-24)32(39)36(31(25)38)27-10-5-4-9-23(27)3/h4-7,9-14,21-22H,8,15-20H2,1-3H3,(H,33,37). The number of amides is 3. The van der Waals surface area contributed by atoms with E-state index in [4.69, 9.17) is 4.74 Å². The van der Waals surface area contributed by atoms with Crippen molar-refractivity contribution in [3.8, 4) is 5.75 Å². The van der Waals surface area contributed by atoms with Crippen molar-refractivity contribution in [1.82, 2.24) is 10.2 Å². The van der Waals surface area contributed by atoms with Gasteiger partial charge in [0.15, 0.2) is 0 Å². The Bertz CT molecular complexity index is 1410. The zero-order chi connectivity index (χ0) is 28.2. The van der Waals surface area contributed by atoms with Crippen molar-refractivity contribution in [3.63, 3.8) is 0 Å². The van der Waals surface area contributed by atoms with Crippen LogP contribution in [0.5, 0.6) is 5.75 Å². The molecule has 3 amide bonds. The first-order chi connectivity index (χ1) is 19.3. The normalized spacial score (nSPS) is 15.5. The summed E-state index contributed by atoms with van der Waals surface area (Å²) in [6, 6.07) is 20.2. The SMILES string of the molecule is Cc1ccccc1N1C(=O)c2ccc(C(=O)NCCCN3CCN(c4ccccc4OC(C)C)CC3)cc2C1=O. The number of imide groups is 1. The molecule has 0 spiro atoms. The lowest BCUT2D eigenvalue weighted by atomic mass is 10.1. The zero-order valence-electron chi connectivity index (χ0n) is 23.4. The fourth-order valence-corrected chi connectivity index (χ4v) is 5.31. The molecule has 2 aliphatic rings. The summed E-state index contributed by atoms with van der Waals surface area (Å²) >= 11 is 0. The molecular formula is C32H36N4O4. The quantitative estimate of drug-likeness (QED) is 0.317. The van der Waals surface area contributed by atoms with Crippen LogP contribution in [-0.4, -0.2) is 68.0 Å². The summed E-state index contributed by atoms with van der Waals surface area (Å²) in [7, 11) is 0. The largest absolute Gasteiger partial charge is 0.489 e. The highest BCUT2D eigenvalue weighted by molar-refractivity contribution is 6.35. The summed E-state index contributed by atoms with van der Waals surface area (Å²) < 4.78 is 6.00. The molecule has 0 bridgehead atoms. The molecule has 1 saturated heterocycles. The molecule has 3 aromatic carbocycles. The predicted octanol–water partition coefficient (Wildman–Crippen LogP) is 4.52. The first kappa shape index (κ1) is 27.4. The number of nitrogens with zero attached hydrogens (tertiary/aromatic N) is 3. The Hall–Kier alpha value is -4.17. The van der Waals surface area contributed by atoms with Gasteiger partial charge in [0, 0.05) is 38.3 Å². The van der Waals surface area contributed by atoms with Crippen molar-refractivity contribution in [1.29, 1.82) is 0 Å². The van der Waals surface area contributed by atoms with Gasteiger partial charge in [-0.2, -0.15) is 0 Å². The lowest BCUT2D eigenvalue weighted by molar-refractivity contribution is 0.0923. The van der Waals surface area contributed by atoms with Gasteiger partial charge in [-0.1, -0.05) is 30.3 Å². The van der Waals surface area contributed by atoms with Gasteiger partial charge in [-0.25, -0.2) is 4.90 Å². The van der Waals surface area contributed by atoms with Crippen molar-refractivity contribution in [2.24, 2.45) is 0 Å². The number of ether oxygens (including phenoxy) is 1. The maximum absolute atomic E-state index is 13.1. The van der Waals surface area contributed by atoms with Crippen molar-refractivity contribution in [3.05, 3.63) is 89.0 Å². The fraction of sp³-hybridized carbons (Fsp3) is 0.344. The van der Waals surface area contributed by atoms with E-state index >= 15 is 0 Å². The molecule has 0 aliphatic carbocycles. The van der Waals surface area contributed by atoms with E-state index in [9.17, 15) is 14.4 Å². The molecule has 8 nitrogen and oxygen atoms in total. The Morgan fingerprint density at radius 2 is 1.55 bits per heavy atom. The van der Waals surface area contributed by atoms with E-state index < -0.39 is 5.91 Å². The van der Waals surface area contributed by atoms with Crippen LogP contribution < -0.4 is 19.9 Å². The number of anilines is 2. The topological polar surface area (TPSA) is 82.2 Å². The van der Waals surface area contributed by atoms with Crippen LogP contribution in [0.25, 0.3) is 0 Å². The Morgan fingerprint density at radius 3 is 2.27 bits per heavy atom. The van der Waals surface area contributed by atoms with E-state index in [1.165, 1.54) is 11.0 Å². The predicted molar refractivity (Wildman–Crippen MR) is 157 cm³/mol. The minimum atomic E-state index is -0.401. The van der Waals surface area contributed by atoms with E-state index in [1.54, 1.807) is 24.3 Å². The number of hydrogen-bond donors (Lipinski definition) is 1. The summed E-state index contributed by atoms with van der Waals surface area (Å²) in [5.41, 5.74) is 3.50. The minimum absolute atomic E-state index is 0.130. The van der Waals surface area contributed by atoms with E-state index in [0.717, 1.165) is 56.1 Å². The molecule has 208 valence electrons. The second-order valence-electron chi connectivity index (χ2n) is 10.6. The molecule has 0 unspecified atom stereocenters. The first-order valence-corrected chi connectivity index (χ1v) is 13.9. The molecule has 0 saturated carbocycles. The third kappa shape index (κ3) is 5.72. The van der Waals surface area contributed by atoms with Gasteiger partial charge in [0.25, 0.3) is 17.7 Å². The summed E-state index contributed by atoms with van der Waals surface area (Å²) in [5, 5.41) is 2.97. The maximum Gasteiger partial charge on any atom is 0.266 e. The number of rotatable bonds is 9. The van der Waals surface area contributed by atoms with Gasteiger partial charge in [-0.3, -0.25) is 19.3 Å². The number of aryl methyl sites for hydroxylation is 1. The van der Waals surface area contributed by atoms with Crippen molar-refractivity contribution in [2.75, 3.05) is 49.1 Å². The lowest BCUT2D eigenvalue weighted by Gasteiger charge is -2.37. The average molecular weight is 541 g/mol. The second kappa shape index (κ2) is 11.9. The molecule has 8 heteroatoms. The first-order valence-electron chi connectivity index (χ1n) is 13.9. The van der Waals surface area contributed by atoms with Crippen LogP contribution in [0.3, 0.4) is 0 Å². The monoisotopic (exact) mass is 540 g/mol. The number of para-hydroxylation sites is 3. The third-order valence-electron chi connectivity index (χ3n) is 7.38. The number of nitrogens with one attached hydrogen (secondary N) is 1. The smallest absolute Gasteiger partial charge is 0.266 e. The molecule has 2 heterocycles. The molecule has 1 fully saturated rings. The highest BCUT2D eigenvalue weighted by Crippen LogP contribution is 2.31. The van der Waals surface area contributed by atoms with Crippen molar-refractivity contribution >= 4 is 29.1 Å². The van der Waals surface area contributed by atoms with Crippen LogP contribution in [-0.2, 0) is 0 Å². The molecule has 0 atom stereocenters. The number of fused-ring (bicyclic) bond motifs is 1. The molecule has 1 N–H and O–H groups in total. The van der Waals surface area contributed by atoms with Crippen LogP contribution in [0.15, 0.2) is 66.7 Å². The molecule has 0 radical (unpaired) electrons. The van der Waals surface area contributed by atoms with Crippen molar-refractivity contribution in [2.45, 2.75) is 33.3 Å². The summed E-state index contributed by atoms with van der Waals surface area (Å²) in [5.74, 6) is -0.0862. The van der Waals surface area contributed by atoms with E-state index in [-0.39, 0.29) is 23.5 Å². The Kier molecular flexibility index (Phi) is 8.16. The number of carbonyl (C=O) groups excluding carboxylic acids is 3. The number of carbonyl (C=O) groups is 3. The van der Waals surface area contributed by atoms with Crippen LogP contribution in [0.4, 0.5) is 11.4 Å². The van der Waals surface area contributed by atoms with Gasteiger partial charge < -0.3 is 15.0 Å². The highest BCUT2D eigenvalue weighted by Gasteiger charge is 2.37. The molecule has 0 aromatic heterocycles. The zero-order valence-corrected chi connectivity index (χ0v) is 23.4. The van der Waals surface area contributed by atoms with Crippen LogP contribution in [0.2, 0.25) is 0 Å². The fourth-order valence-electron chi connectivity index (χ4n) is 5.31. The lowest BCUT2D eigenvalue weighted by Crippen LogP contribution is -2.47. The second-order valence-corrected chi connectivity index (χ2v) is 10.6. The van der Waals surface area contributed by atoms with Gasteiger partial charge in [-0.05, 0) is 75.7 Å². The van der Waals surface area contributed by atoms with E-state index in [1.807, 2.05) is 51.1 Å². The highest BCUT2D eigenvalue weighted by atomic mass is 16.5. The van der Waals surface area contributed by atoms with Gasteiger partial charge in [0.2, 0.25) is 0 Å². The molecular weight excluding hydrogens is 504 g/mol. The number of hydrogen-bond acceptors (Lipinski definition) is 6. The van der Waals surface area contributed by atoms with Gasteiger partial charge >= 0.3 is 0 Å². The van der Waals surface area contributed by atoms with Crippen LogP contribution >= 0.6 is 0 Å². The Morgan fingerprint density at radius 1 is 0.875 bits per heavy atom. The van der Waals surface area contributed by atoms with Gasteiger partial charge in [-0.15, -0.1) is 0 Å². The number of piperazine rings is 1.